The minimum Gasteiger partial charge on any atom is -0.496 e. The highest BCUT2D eigenvalue weighted by atomic mass is 35.5. The van der Waals surface area contributed by atoms with Gasteiger partial charge in [-0.3, -0.25) is 4.79 Å². The molecule has 0 aliphatic carbocycles. The number of aliphatic hydroxyl groups excluding tert-OH is 1. The second-order valence-corrected chi connectivity index (χ2v) is 4.27. The number of benzene rings is 1. The number of halogens is 1. The van der Waals surface area contributed by atoms with Crippen LogP contribution in [0.3, 0.4) is 0 Å². The molecule has 0 fully saturated rings. The number of carbonyl (C=O) groups excluding carboxylic acids is 1. The van der Waals surface area contributed by atoms with Crippen LogP contribution in [0.25, 0.3) is 0 Å². The fourth-order valence-electron chi connectivity index (χ4n) is 1.78. The average Bonchev–Trinajstić information content (AvgIpc) is 2.45. The van der Waals surface area contributed by atoms with E-state index in [4.69, 9.17) is 4.74 Å². The van der Waals surface area contributed by atoms with Gasteiger partial charge in [-0.2, -0.15) is 0 Å². The summed E-state index contributed by atoms with van der Waals surface area (Å²) in [5.41, 5.74) is 0.681. The van der Waals surface area contributed by atoms with E-state index >= 15 is 0 Å². The summed E-state index contributed by atoms with van der Waals surface area (Å²) in [6, 6.07) is 7.24. The van der Waals surface area contributed by atoms with Gasteiger partial charge in [0.15, 0.2) is 0 Å². The monoisotopic (exact) mass is 302 g/mol. The van der Waals surface area contributed by atoms with Gasteiger partial charge in [0.1, 0.15) is 5.75 Å². The predicted molar refractivity (Wildman–Crippen MR) is 81.4 cm³/mol. The number of ether oxygens (including phenoxy) is 1. The summed E-state index contributed by atoms with van der Waals surface area (Å²) in [4.78, 5) is 11.5. The number of nitrogens with one attached hydrogen (secondary N) is 2. The summed E-state index contributed by atoms with van der Waals surface area (Å²) in [7, 11) is 3.41. The molecule has 0 aliphatic rings. The van der Waals surface area contributed by atoms with Crippen molar-refractivity contribution in [2.24, 2.45) is 0 Å². The molecule has 0 aliphatic heterocycles. The molecule has 0 saturated carbocycles. The van der Waals surface area contributed by atoms with E-state index in [0.29, 0.717) is 17.7 Å². The maximum Gasteiger partial charge on any atom is 0.220 e. The average molecular weight is 303 g/mol. The third-order valence-electron chi connectivity index (χ3n) is 2.82. The first-order valence-corrected chi connectivity index (χ1v) is 6.41. The van der Waals surface area contributed by atoms with Crippen molar-refractivity contribution in [3.05, 3.63) is 29.8 Å². The Balaban J connectivity index is 0.00000361. The van der Waals surface area contributed by atoms with Crippen LogP contribution in [-0.4, -0.2) is 38.3 Å². The Bertz CT molecular complexity index is 402. The second-order valence-electron chi connectivity index (χ2n) is 4.27. The van der Waals surface area contributed by atoms with Crippen molar-refractivity contribution in [2.75, 3.05) is 27.2 Å². The van der Waals surface area contributed by atoms with Crippen LogP contribution in [0.1, 0.15) is 24.5 Å². The molecule has 1 rings (SSSR count). The van der Waals surface area contributed by atoms with E-state index in [1.54, 1.807) is 19.2 Å². The smallest absolute Gasteiger partial charge is 0.220 e. The summed E-state index contributed by atoms with van der Waals surface area (Å²) in [6.07, 6.45) is 0.483. The standard InChI is InChI=1S/C14H22N2O3.ClH/c1-15-9-5-8-14(18)16-10-12(17)11-6-3-4-7-13(11)19-2;/h3-4,6-7,12,15,17H,5,8-10H2,1-2H3,(H,16,18);1H. The van der Waals surface area contributed by atoms with Crippen LogP contribution in [-0.2, 0) is 4.79 Å². The number of carbonyl (C=O) groups is 1. The molecular formula is C14H23ClN2O3. The van der Waals surface area contributed by atoms with Crippen LogP contribution in [0.5, 0.6) is 5.75 Å². The summed E-state index contributed by atoms with van der Waals surface area (Å²) in [6.45, 7) is 1.00. The summed E-state index contributed by atoms with van der Waals surface area (Å²) in [5, 5.41) is 15.7. The first kappa shape index (κ1) is 18.7. The van der Waals surface area contributed by atoms with Crippen LogP contribution in [0, 0.1) is 0 Å². The quantitative estimate of drug-likeness (QED) is 0.633. The van der Waals surface area contributed by atoms with Crippen molar-refractivity contribution >= 4 is 18.3 Å². The number of amides is 1. The lowest BCUT2D eigenvalue weighted by atomic mass is 10.1. The number of rotatable bonds is 8. The summed E-state index contributed by atoms with van der Waals surface area (Å²) >= 11 is 0. The van der Waals surface area contributed by atoms with Crippen molar-refractivity contribution in [1.82, 2.24) is 10.6 Å². The normalized spacial score (nSPS) is 11.3. The van der Waals surface area contributed by atoms with Gasteiger partial charge in [-0.25, -0.2) is 0 Å². The molecule has 1 unspecified atom stereocenters. The Kier molecular flexibility index (Phi) is 9.80. The highest BCUT2D eigenvalue weighted by molar-refractivity contribution is 5.85. The van der Waals surface area contributed by atoms with Crippen molar-refractivity contribution in [1.29, 1.82) is 0 Å². The van der Waals surface area contributed by atoms with Crippen molar-refractivity contribution in [2.45, 2.75) is 18.9 Å². The van der Waals surface area contributed by atoms with Gasteiger partial charge in [0.05, 0.1) is 13.2 Å². The number of hydrogen-bond donors (Lipinski definition) is 3. The third-order valence-corrected chi connectivity index (χ3v) is 2.82. The van der Waals surface area contributed by atoms with Gasteiger partial charge < -0.3 is 20.5 Å². The Labute approximate surface area is 126 Å². The van der Waals surface area contributed by atoms with Crippen LogP contribution < -0.4 is 15.4 Å². The zero-order chi connectivity index (χ0) is 14.1. The van der Waals surface area contributed by atoms with Crippen molar-refractivity contribution < 1.29 is 14.6 Å². The molecule has 0 aromatic heterocycles. The highest BCUT2D eigenvalue weighted by Crippen LogP contribution is 2.23. The Hall–Kier alpha value is -1.30. The molecule has 1 aromatic rings. The van der Waals surface area contributed by atoms with Crippen LogP contribution in [0.2, 0.25) is 0 Å². The molecule has 20 heavy (non-hydrogen) atoms. The van der Waals surface area contributed by atoms with E-state index in [-0.39, 0.29) is 24.9 Å². The molecule has 0 bridgehead atoms. The number of para-hydroxylation sites is 1. The molecule has 5 nitrogen and oxygen atoms in total. The molecule has 0 spiro atoms. The van der Waals surface area contributed by atoms with E-state index in [1.165, 1.54) is 0 Å². The van der Waals surface area contributed by atoms with E-state index < -0.39 is 6.10 Å². The van der Waals surface area contributed by atoms with Gasteiger partial charge in [0, 0.05) is 18.5 Å². The lowest BCUT2D eigenvalue weighted by Gasteiger charge is -2.15. The van der Waals surface area contributed by atoms with E-state index in [9.17, 15) is 9.90 Å². The molecule has 0 saturated heterocycles. The van der Waals surface area contributed by atoms with E-state index in [1.807, 2.05) is 19.2 Å². The fourth-order valence-corrected chi connectivity index (χ4v) is 1.78. The van der Waals surface area contributed by atoms with Gasteiger partial charge in [-0.15, -0.1) is 12.4 Å². The van der Waals surface area contributed by atoms with Gasteiger partial charge in [-0.1, -0.05) is 18.2 Å². The van der Waals surface area contributed by atoms with E-state index in [2.05, 4.69) is 10.6 Å². The maximum atomic E-state index is 11.5. The first-order chi connectivity index (χ1) is 9.19. The molecule has 6 heteroatoms. The number of hydrogen-bond acceptors (Lipinski definition) is 4. The second kappa shape index (κ2) is 10.5. The SMILES string of the molecule is CNCCCC(=O)NCC(O)c1ccccc1OC.Cl. The van der Waals surface area contributed by atoms with Gasteiger partial charge >= 0.3 is 0 Å². The minimum atomic E-state index is -0.760. The summed E-state index contributed by atoms with van der Waals surface area (Å²) in [5.74, 6) is 0.573. The highest BCUT2D eigenvalue weighted by Gasteiger charge is 2.13. The Morgan fingerprint density at radius 1 is 1.40 bits per heavy atom. The van der Waals surface area contributed by atoms with Gasteiger partial charge in [0.2, 0.25) is 5.91 Å². The zero-order valence-electron chi connectivity index (χ0n) is 11.9. The lowest BCUT2D eigenvalue weighted by molar-refractivity contribution is -0.121. The topological polar surface area (TPSA) is 70.6 Å². The van der Waals surface area contributed by atoms with Gasteiger partial charge in [-0.05, 0) is 26.1 Å². The minimum absolute atomic E-state index is 0. The molecule has 1 amide bonds. The maximum absolute atomic E-state index is 11.5. The molecule has 0 heterocycles. The van der Waals surface area contributed by atoms with Crippen LogP contribution in [0.15, 0.2) is 24.3 Å². The molecule has 114 valence electrons. The predicted octanol–water partition coefficient (Wildman–Crippen LogP) is 1.27. The summed E-state index contributed by atoms with van der Waals surface area (Å²) < 4.78 is 5.17. The van der Waals surface area contributed by atoms with Crippen LogP contribution in [0.4, 0.5) is 0 Å². The van der Waals surface area contributed by atoms with Gasteiger partial charge in [0.25, 0.3) is 0 Å². The van der Waals surface area contributed by atoms with E-state index in [0.717, 1.165) is 13.0 Å². The molecule has 3 N–H and O–H groups in total. The third kappa shape index (κ3) is 6.23. The van der Waals surface area contributed by atoms with Crippen molar-refractivity contribution in [3.8, 4) is 5.75 Å². The molecule has 0 radical (unpaired) electrons. The number of methoxy groups -OCH3 is 1. The molecule has 1 atom stereocenters. The zero-order valence-corrected chi connectivity index (χ0v) is 12.7. The van der Waals surface area contributed by atoms with Crippen molar-refractivity contribution in [3.63, 3.8) is 0 Å². The Morgan fingerprint density at radius 2 is 2.10 bits per heavy atom. The number of aliphatic hydroxyl groups is 1. The fraction of sp³-hybridized carbons (Fsp3) is 0.500. The molecular weight excluding hydrogens is 280 g/mol. The molecule has 1 aromatic carbocycles. The largest absolute Gasteiger partial charge is 0.496 e. The van der Waals surface area contributed by atoms with Crippen LogP contribution >= 0.6 is 12.4 Å². The Morgan fingerprint density at radius 3 is 2.75 bits per heavy atom. The first-order valence-electron chi connectivity index (χ1n) is 6.41. The lowest BCUT2D eigenvalue weighted by Crippen LogP contribution is -2.28.